The van der Waals surface area contributed by atoms with E-state index in [1.807, 2.05) is 44.2 Å². The fourth-order valence-corrected chi connectivity index (χ4v) is 1.87. The Hall–Kier alpha value is -1.82. The molecule has 0 aliphatic rings. The first-order chi connectivity index (χ1) is 9.08. The van der Waals surface area contributed by atoms with Crippen LogP contribution in [-0.2, 0) is 11.2 Å². The van der Waals surface area contributed by atoms with Gasteiger partial charge in [-0.3, -0.25) is 4.79 Å². The highest BCUT2D eigenvalue weighted by molar-refractivity contribution is 5.94. The highest BCUT2D eigenvalue weighted by Gasteiger charge is 2.21. The van der Waals surface area contributed by atoms with Gasteiger partial charge >= 0.3 is 0 Å². The number of nitrogens with one attached hydrogen (secondary N) is 1. The third-order valence-electron chi connectivity index (χ3n) is 3.13. The molecule has 0 saturated carbocycles. The van der Waals surface area contributed by atoms with E-state index in [4.69, 9.17) is 5.26 Å². The molecule has 0 aliphatic carbocycles. The molecule has 1 rings (SSSR count). The molecule has 1 aromatic carbocycles. The number of hydrogen-bond acceptors (Lipinski definition) is 2. The Kier molecular flexibility index (Phi) is 6.08. The van der Waals surface area contributed by atoms with Crippen LogP contribution in [-0.4, -0.2) is 5.91 Å². The Balaban J connectivity index is 2.63. The summed E-state index contributed by atoms with van der Waals surface area (Å²) in [6, 6.07) is 9.91. The summed E-state index contributed by atoms with van der Waals surface area (Å²) in [6.07, 6.45) is 3.42. The van der Waals surface area contributed by atoms with Gasteiger partial charge in [0.1, 0.15) is 5.92 Å². The minimum absolute atomic E-state index is 0.0221. The molecule has 0 heterocycles. The van der Waals surface area contributed by atoms with E-state index in [-0.39, 0.29) is 11.8 Å². The molecule has 1 aromatic rings. The Bertz CT molecular complexity index is 443. The molecule has 1 amide bonds. The second kappa shape index (κ2) is 7.58. The normalized spacial score (nSPS) is 11.9. The summed E-state index contributed by atoms with van der Waals surface area (Å²) in [7, 11) is 0. The van der Waals surface area contributed by atoms with Crippen molar-refractivity contribution in [3.8, 4) is 6.07 Å². The molecule has 0 radical (unpaired) electrons. The molecule has 102 valence electrons. The van der Waals surface area contributed by atoms with Gasteiger partial charge in [-0.15, -0.1) is 0 Å². The van der Waals surface area contributed by atoms with E-state index in [1.54, 1.807) is 0 Å². The van der Waals surface area contributed by atoms with E-state index in [0.717, 1.165) is 12.1 Å². The SMILES string of the molecule is CCCCc1ccc(NC(=O)C(C#N)C(C)C)cc1. The predicted molar refractivity (Wildman–Crippen MR) is 77.6 cm³/mol. The van der Waals surface area contributed by atoms with Crippen molar-refractivity contribution in [2.24, 2.45) is 11.8 Å². The zero-order valence-electron chi connectivity index (χ0n) is 11.9. The van der Waals surface area contributed by atoms with Gasteiger partial charge in [-0.25, -0.2) is 0 Å². The highest BCUT2D eigenvalue weighted by Crippen LogP contribution is 2.15. The number of nitrogens with zero attached hydrogens (tertiary/aromatic N) is 1. The van der Waals surface area contributed by atoms with E-state index in [2.05, 4.69) is 12.2 Å². The number of unbranched alkanes of at least 4 members (excludes halogenated alkanes) is 1. The summed E-state index contributed by atoms with van der Waals surface area (Å²) < 4.78 is 0. The standard InChI is InChI=1S/C16H22N2O/c1-4-5-6-13-7-9-14(10-8-13)18-16(19)15(11-17)12(2)3/h7-10,12,15H,4-6H2,1-3H3,(H,18,19). The average molecular weight is 258 g/mol. The van der Waals surface area contributed by atoms with Gasteiger partial charge in [0.2, 0.25) is 5.91 Å². The lowest BCUT2D eigenvalue weighted by Gasteiger charge is -2.13. The van der Waals surface area contributed by atoms with Crippen LogP contribution < -0.4 is 5.32 Å². The van der Waals surface area contributed by atoms with Gasteiger partial charge in [0.25, 0.3) is 0 Å². The smallest absolute Gasteiger partial charge is 0.241 e. The van der Waals surface area contributed by atoms with Crippen LogP contribution in [0.1, 0.15) is 39.2 Å². The molecule has 0 saturated heterocycles. The van der Waals surface area contributed by atoms with Crippen LogP contribution >= 0.6 is 0 Å². The van der Waals surface area contributed by atoms with Gasteiger partial charge in [-0.1, -0.05) is 39.3 Å². The number of anilines is 1. The predicted octanol–water partition coefficient (Wildman–Crippen LogP) is 3.76. The molecule has 0 aliphatic heterocycles. The van der Waals surface area contributed by atoms with Gasteiger partial charge < -0.3 is 5.32 Å². The maximum Gasteiger partial charge on any atom is 0.241 e. The first kappa shape index (κ1) is 15.2. The monoisotopic (exact) mass is 258 g/mol. The summed E-state index contributed by atoms with van der Waals surface area (Å²) in [5.74, 6) is -0.799. The maximum absolute atomic E-state index is 11.9. The average Bonchev–Trinajstić information content (AvgIpc) is 2.38. The number of amides is 1. The van der Waals surface area contributed by atoms with Crippen LogP contribution in [0.15, 0.2) is 24.3 Å². The van der Waals surface area contributed by atoms with Crippen molar-refractivity contribution in [2.75, 3.05) is 5.32 Å². The van der Waals surface area contributed by atoms with Crippen LogP contribution in [0.25, 0.3) is 0 Å². The second-order valence-corrected chi connectivity index (χ2v) is 5.14. The lowest BCUT2D eigenvalue weighted by Crippen LogP contribution is -2.25. The van der Waals surface area contributed by atoms with E-state index in [1.165, 1.54) is 18.4 Å². The highest BCUT2D eigenvalue weighted by atomic mass is 16.1. The molecule has 19 heavy (non-hydrogen) atoms. The molecule has 1 atom stereocenters. The number of benzene rings is 1. The lowest BCUT2D eigenvalue weighted by molar-refractivity contribution is -0.119. The summed E-state index contributed by atoms with van der Waals surface area (Å²) >= 11 is 0. The first-order valence-electron chi connectivity index (χ1n) is 6.88. The summed E-state index contributed by atoms with van der Waals surface area (Å²) in [4.78, 5) is 11.9. The fraction of sp³-hybridized carbons (Fsp3) is 0.500. The maximum atomic E-state index is 11.9. The van der Waals surface area contributed by atoms with Gasteiger partial charge in [-0.2, -0.15) is 5.26 Å². The van der Waals surface area contributed by atoms with Crippen molar-refractivity contribution in [2.45, 2.75) is 40.0 Å². The number of rotatable bonds is 6. The van der Waals surface area contributed by atoms with Crippen LogP contribution in [0.5, 0.6) is 0 Å². The van der Waals surface area contributed by atoms with Gasteiger partial charge in [0.05, 0.1) is 6.07 Å². The molecule has 0 aromatic heterocycles. The molecule has 1 N–H and O–H groups in total. The number of carbonyl (C=O) groups excluding carboxylic acids is 1. The quantitative estimate of drug-likeness (QED) is 0.844. The van der Waals surface area contributed by atoms with E-state index >= 15 is 0 Å². The Morgan fingerprint density at radius 2 is 1.95 bits per heavy atom. The lowest BCUT2D eigenvalue weighted by atomic mass is 9.96. The fourth-order valence-electron chi connectivity index (χ4n) is 1.87. The van der Waals surface area contributed by atoms with Crippen LogP contribution in [0.2, 0.25) is 0 Å². The van der Waals surface area contributed by atoms with Gasteiger partial charge in [0.15, 0.2) is 0 Å². The van der Waals surface area contributed by atoms with Crippen molar-refractivity contribution in [3.05, 3.63) is 29.8 Å². The van der Waals surface area contributed by atoms with Crippen molar-refractivity contribution in [1.82, 2.24) is 0 Å². The van der Waals surface area contributed by atoms with Crippen LogP contribution in [0.4, 0.5) is 5.69 Å². The topological polar surface area (TPSA) is 52.9 Å². The van der Waals surface area contributed by atoms with E-state index in [0.29, 0.717) is 0 Å². The molecule has 0 fully saturated rings. The third kappa shape index (κ3) is 4.75. The Labute approximate surface area is 115 Å². The summed E-state index contributed by atoms with van der Waals surface area (Å²) in [6.45, 7) is 5.92. The number of hydrogen-bond donors (Lipinski definition) is 1. The van der Waals surface area contributed by atoms with Crippen molar-refractivity contribution in [1.29, 1.82) is 5.26 Å². The first-order valence-corrected chi connectivity index (χ1v) is 6.88. The number of aryl methyl sites for hydroxylation is 1. The van der Waals surface area contributed by atoms with Crippen molar-refractivity contribution < 1.29 is 4.79 Å². The number of carbonyl (C=O) groups is 1. The zero-order valence-corrected chi connectivity index (χ0v) is 11.9. The summed E-state index contributed by atoms with van der Waals surface area (Å²) in [5, 5.41) is 11.8. The van der Waals surface area contributed by atoms with Crippen molar-refractivity contribution >= 4 is 11.6 Å². The van der Waals surface area contributed by atoms with Gasteiger partial charge in [0, 0.05) is 5.69 Å². The third-order valence-corrected chi connectivity index (χ3v) is 3.13. The van der Waals surface area contributed by atoms with E-state index in [9.17, 15) is 4.79 Å². The molecule has 1 unspecified atom stereocenters. The molecule has 3 nitrogen and oxygen atoms in total. The summed E-state index contributed by atoms with van der Waals surface area (Å²) in [5.41, 5.74) is 2.03. The minimum Gasteiger partial charge on any atom is -0.325 e. The van der Waals surface area contributed by atoms with Crippen molar-refractivity contribution in [3.63, 3.8) is 0 Å². The van der Waals surface area contributed by atoms with Crippen LogP contribution in [0.3, 0.4) is 0 Å². The Morgan fingerprint density at radius 1 is 1.32 bits per heavy atom. The molecule has 3 heteroatoms. The molecule has 0 spiro atoms. The second-order valence-electron chi connectivity index (χ2n) is 5.14. The molecule has 0 bridgehead atoms. The van der Waals surface area contributed by atoms with Crippen LogP contribution in [0, 0.1) is 23.2 Å². The minimum atomic E-state index is -0.597. The number of nitriles is 1. The largest absolute Gasteiger partial charge is 0.325 e. The molecular formula is C16H22N2O. The Morgan fingerprint density at radius 3 is 2.42 bits per heavy atom. The zero-order chi connectivity index (χ0) is 14.3. The van der Waals surface area contributed by atoms with Gasteiger partial charge in [-0.05, 0) is 36.5 Å². The van der Waals surface area contributed by atoms with E-state index < -0.39 is 5.92 Å². The molecular weight excluding hydrogens is 236 g/mol.